The highest BCUT2D eigenvalue weighted by molar-refractivity contribution is 6.33. The molecule has 21 heavy (non-hydrogen) atoms. The van der Waals surface area contributed by atoms with Crippen LogP contribution in [-0.4, -0.2) is 10.9 Å². The molecule has 0 aliphatic heterocycles. The molecule has 0 amide bonds. The zero-order chi connectivity index (χ0) is 14.8. The predicted octanol–water partition coefficient (Wildman–Crippen LogP) is 4.70. The molecule has 2 aromatic rings. The van der Waals surface area contributed by atoms with E-state index in [0.717, 1.165) is 41.0 Å². The van der Waals surface area contributed by atoms with E-state index in [1.807, 2.05) is 18.2 Å². The minimum absolute atomic E-state index is 0.360. The van der Waals surface area contributed by atoms with Crippen LogP contribution in [0.3, 0.4) is 0 Å². The number of rotatable bonds is 3. The van der Waals surface area contributed by atoms with Gasteiger partial charge in [0.1, 0.15) is 12.4 Å². The van der Waals surface area contributed by atoms with Gasteiger partial charge in [-0.1, -0.05) is 28.4 Å². The number of halogens is 2. The molecular formula is C16H13Cl2NO2. The average molecular weight is 322 g/mol. The van der Waals surface area contributed by atoms with Crippen molar-refractivity contribution in [2.75, 3.05) is 0 Å². The molecule has 0 aromatic heterocycles. The third kappa shape index (κ3) is 2.99. The van der Waals surface area contributed by atoms with Crippen molar-refractivity contribution in [3.05, 3.63) is 63.1 Å². The topological polar surface area (TPSA) is 41.8 Å². The Morgan fingerprint density at radius 1 is 1.10 bits per heavy atom. The number of aryl methyl sites for hydroxylation is 1. The summed E-state index contributed by atoms with van der Waals surface area (Å²) in [4.78, 5) is 0. The Morgan fingerprint density at radius 2 is 1.95 bits per heavy atom. The summed E-state index contributed by atoms with van der Waals surface area (Å²) in [5.74, 6) is 0.768. The van der Waals surface area contributed by atoms with Gasteiger partial charge in [-0.3, -0.25) is 0 Å². The summed E-state index contributed by atoms with van der Waals surface area (Å²) in [6.45, 7) is 0.360. The fraction of sp³-hybridized carbons (Fsp3) is 0.188. The van der Waals surface area contributed by atoms with E-state index < -0.39 is 0 Å². The van der Waals surface area contributed by atoms with E-state index in [1.165, 1.54) is 0 Å². The Kier molecular flexibility index (Phi) is 4.04. The van der Waals surface area contributed by atoms with Crippen LogP contribution in [0.25, 0.3) is 0 Å². The predicted molar refractivity (Wildman–Crippen MR) is 83.9 cm³/mol. The molecule has 0 unspecified atom stereocenters. The third-order valence-electron chi connectivity index (χ3n) is 3.54. The highest BCUT2D eigenvalue weighted by Crippen LogP contribution is 2.28. The zero-order valence-corrected chi connectivity index (χ0v) is 12.7. The van der Waals surface area contributed by atoms with Crippen molar-refractivity contribution in [2.24, 2.45) is 5.16 Å². The molecule has 0 saturated heterocycles. The minimum Gasteiger partial charge on any atom is -0.489 e. The van der Waals surface area contributed by atoms with Crippen molar-refractivity contribution >= 4 is 28.9 Å². The normalized spacial score (nSPS) is 15.2. The zero-order valence-electron chi connectivity index (χ0n) is 11.1. The lowest BCUT2D eigenvalue weighted by Crippen LogP contribution is -1.98. The molecule has 1 aliphatic rings. The number of fused-ring (bicyclic) bond motifs is 1. The Morgan fingerprint density at radius 3 is 2.76 bits per heavy atom. The van der Waals surface area contributed by atoms with Crippen molar-refractivity contribution in [3.63, 3.8) is 0 Å². The standard InChI is InChI=1S/C16H13Cl2NO2/c17-12-2-5-15(18)11(7-12)9-21-13-3-4-14-10(8-13)1-6-16(14)19-20/h2-5,7-8,20H,1,6,9H2/b19-16-. The van der Waals surface area contributed by atoms with Gasteiger partial charge in [0.25, 0.3) is 0 Å². The van der Waals surface area contributed by atoms with E-state index in [2.05, 4.69) is 5.16 Å². The van der Waals surface area contributed by atoms with E-state index in [-0.39, 0.29) is 0 Å². The van der Waals surface area contributed by atoms with Crippen LogP contribution in [-0.2, 0) is 13.0 Å². The first-order chi connectivity index (χ1) is 10.2. The van der Waals surface area contributed by atoms with Crippen molar-refractivity contribution in [3.8, 4) is 5.75 Å². The lowest BCUT2D eigenvalue weighted by atomic mass is 10.1. The SMILES string of the molecule is O/N=C1/CCc2cc(OCc3cc(Cl)ccc3Cl)ccc21. The maximum Gasteiger partial charge on any atom is 0.120 e. The van der Waals surface area contributed by atoms with Crippen LogP contribution < -0.4 is 4.74 Å². The van der Waals surface area contributed by atoms with Gasteiger partial charge >= 0.3 is 0 Å². The number of oxime groups is 1. The van der Waals surface area contributed by atoms with Gasteiger partial charge in [-0.2, -0.15) is 0 Å². The van der Waals surface area contributed by atoms with Gasteiger partial charge in [0.05, 0.1) is 5.71 Å². The van der Waals surface area contributed by atoms with Gasteiger partial charge in [-0.25, -0.2) is 0 Å². The molecule has 0 radical (unpaired) electrons. The molecule has 0 atom stereocenters. The van der Waals surface area contributed by atoms with E-state index in [0.29, 0.717) is 16.7 Å². The van der Waals surface area contributed by atoms with Gasteiger partial charge < -0.3 is 9.94 Å². The molecule has 2 aromatic carbocycles. The van der Waals surface area contributed by atoms with Gasteiger partial charge in [-0.05, 0) is 54.8 Å². The number of nitrogens with zero attached hydrogens (tertiary/aromatic N) is 1. The van der Waals surface area contributed by atoms with Crippen LogP contribution in [0.1, 0.15) is 23.1 Å². The summed E-state index contributed by atoms with van der Waals surface area (Å²) in [5.41, 5.74) is 3.71. The number of ether oxygens (including phenoxy) is 1. The van der Waals surface area contributed by atoms with Crippen LogP contribution in [0.15, 0.2) is 41.6 Å². The highest BCUT2D eigenvalue weighted by Gasteiger charge is 2.18. The monoisotopic (exact) mass is 321 g/mol. The molecule has 3 nitrogen and oxygen atoms in total. The van der Waals surface area contributed by atoms with Crippen LogP contribution in [0.4, 0.5) is 0 Å². The van der Waals surface area contributed by atoms with E-state index >= 15 is 0 Å². The molecule has 0 spiro atoms. The molecule has 3 rings (SSSR count). The molecule has 0 heterocycles. The summed E-state index contributed by atoms with van der Waals surface area (Å²) < 4.78 is 5.78. The quantitative estimate of drug-likeness (QED) is 0.657. The molecule has 1 aliphatic carbocycles. The van der Waals surface area contributed by atoms with Crippen LogP contribution >= 0.6 is 23.2 Å². The molecule has 0 saturated carbocycles. The van der Waals surface area contributed by atoms with Crippen molar-refractivity contribution in [2.45, 2.75) is 19.4 Å². The van der Waals surface area contributed by atoms with E-state index in [1.54, 1.807) is 18.2 Å². The lowest BCUT2D eigenvalue weighted by Gasteiger charge is -2.09. The van der Waals surface area contributed by atoms with Gasteiger partial charge in [0, 0.05) is 21.2 Å². The second-order valence-corrected chi connectivity index (χ2v) is 5.73. The smallest absolute Gasteiger partial charge is 0.120 e. The summed E-state index contributed by atoms with van der Waals surface area (Å²) in [6, 6.07) is 11.1. The first-order valence-electron chi connectivity index (χ1n) is 6.58. The van der Waals surface area contributed by atoms with Crippen LogP contribution in [0, 0.1) is 0 Å². The summed E-state index contributed by atoms with van der Waals surface area (Å²) in [7, 11) is 0. The molecule has 1 N–H and O–H groups in total. The molecule has 108 valence electrons. The Labute approximate surface area is 132 Å². The van der Waals surface area contributed by atoms with Crippen molar-refractivity contribution in [1.82, 2.24) is 0 Å². The molecule has 0 bridgehead atoms. The average Bonchev–Trinajstić information content (AvgIpc) is 2.90. The Hall–Kier alpha value is -1.71. The second-order valence-electron chi connectivity index (χ2n) is 4.89. The summed E-state index contributed by atoms with van der Waals surface area (Å²) in [6.07, 6.45) is 1.62. The van der Waals surface area contributed by atoms with Gasteiger partial charge in [0.15, 0.2) is 0 Å². The third-order valence-corrected chi connectivity index (χ3v) is 4.15. The number of hydrogen-bond acceptors (Lipinski definition) is 3. The number of benzene rings is 2. The molecule has 0 fully saturated rings. The first kappa shape index (κ1) is 14.2. The summed E-state index contributed by atoms with van der Waals surface area (Å²) in [5, 5.41) is 13.5. The molecular weight excluding hydrogens is 309 g/mol. The van der Waals surface area contributed by atoms with Gasteiger partial charge in [0.2, 0.25) is 0 Å². The first-order valence-corrected chi connectivity index (χ1v) is 7.34. The largest absolute Gasteiger partial charge is 0.489 e. The molecule has 5 heteroatoms. The summed E-state index contributed by atoms with van der Waals surface area (Å²) >= 11 is 12.1. The van der Waals surface area contributed by atoms with E-state index in [4.69, 9.17) is 33.1 Å². The van der Waals surface area contributed by atoms with Crippen LogP contribution in [0.2, 0.25) is 10.0 Å². The lowest BCUT2D eigenvalue weighted by molar-refractivity contribution is 0.306. The second kappa shape index (κ2) is 5.96. The van der Waals surface area contributed by atoms with E-state index in [9.17, 15) is 0 Å². The van der Waals surface area contributed by atoms with Crippen LogP contribution in [0.5, 0.6) is 5.75 Å². The van der Waals surface area contributed by atoms with Crippen molar-refractivity contribution < 1.29 is 9.94 Å². The Bertz CT molecular complexity index is 713. The fourth-order valence-corrected chi connectivity index (χ4v) is 2.82. The maximum atomic E-state index is 8.92. The highest BCUT2D eigenvalue weighted by atomic mass is 35.5. The van der Waals surface area contributed by atoms with Crippen molar-refractivity contribution in [1.29, 1.82) is 0 Å². The minimum atomic E-state index is 0.360. The number of hydrogen-bond donors (Lipinski definition) is 1. The van der Waals surface area contributed by atoms with Gasteiger partial charge in [-0.15, -0.1) is 0 Å². The Balaban J connectivity index is 1.76. The fourth-order valence-electron chi connectivity index (χ4n) is 2.45. The maximum absolute atomic E-state index is 8.92.